The van der Waals surface area contributed by atoms with E-state index in [1.54, 1.807) is 0 Å². The van der Waals surface area contributed by atoms with Gasteiger partial charge in [-0.3, -0.25) is 14.1 Å². The van der Waals surface area contributed by atoms with Gasteiger partial charge in [-0.2, -0.15) is 0 Å². The Morgan fingerprint density at radius 1 is 0.646 bits per heavy atom. The highest BCUT2D eigenvalue weighted by molar-refractivity contribution is 7.46. The van der Waals surface area contributed by atoms with Crippen molar-refractivity contribution in [1.29, 1.82) is 0 Å². The van der Waals surface area contributed by atoms with E-state index in [4.69, 9.17) is 24.0 Å². The van der Waals surface area contributed by atoms with Gasteiger partial charge in [0.05, 0.1) is 18.8 Å². The summed E-state index contributed by atoms with van der Waals surface area (Å²) in [5, 5.41) is 0. The average molecular weight is 699 g/mol. The van der Waals surface area contributed by atoms with Gasteiger partial charge in [0.25, 0.3) is 0 Å². The van der Waals surface area contributed by atoms with E-state index in [-0.39, 0.29) is 31.7 Å². The lowest BCUT2D eigenvalue weighted by Crippen LogP contribution is -2.29. The van der Waals surface area contributed by atoms with Crippen molar-refractivity contribution < 1.29 is 42.7 Å². The molecule has 1 aliphatic heterocycles. The Morgan fingerprint density at radius 3 is 1.77 bits per heavy atom. The number of unbranched alkanes of at least 4 members (excludes halogenated alkanes) is 15. The second-order valence-electron chi connectivity index (χ2n) is 12.9. The highest BCUT2D eigenvalue weighted by atomic mass is 31.2. The zero-order valence-corrected chi connectivity index (χ0v) is 31.0. The van der Waals surface area contributed by atoms with Crippen LogP contribution in [0.15, 0.2) is 36.5 Å². The van der Waals surface area contributed by atoms with Gasteiger partial charge in [-0.05, 0) is 51.4 Å². The highest BCUT2D eigenvalue weighted by Gasteiger charge is 2.36. The standard InChI is InChI=1S/C38H67O9P/c1-3-5-7-9-11-13-14-15-17-19-21-26-30-37(39)44-32-34(33-45-48(41,42)43)46-38(40)31-27-23-22-25-29-36-35(47-36)28-24-20-18-16-12-10-8-6-4-2/h12,16,20,22,24-25,34-36H,3-11,13-15,17-19,21,23,26-33H2,1-2H3,(H2,41,42,43)/b16-12-,24-20-,25-22-/t34-,35?,36?/m1/s1. The molecule has 1 saturated heterocycles. The number of hydrogen-bond donors (Lipinski definition) is 2. The summed E-state index contributed by atoms with van der Waals surface area (Å²) in [6, 6.07) is 0. The number of carbonyl (C=O) groups excluding carboxylic acids is 2. The third-order valence-corrected chi connectivity index (χ3v) is 8.80. The fourth-order valence-corrected chi connectivity index (χ4v) is 5.71. The molecule has 1 aliphatic rings. The predicted octanol–water partition coefficient (Wildman–Crippen LogP) is 10.00. The molecule has 0 aromatic heterocycles. The van der Waals surface area contributed by atoms with Crippen molar-refractivity contribution >= 4 is 19.8 Å². The van der Waals surface area contributed by atoms with Crippen LogP contribution in [0.1, 0.15) is 162 Å². The Bertz CT molecular complexity index is 942. The van der Waals surface area contributed by atoms with Crippen molar-refractivity contribution in [3.63, 3.8) is 0 Å². The second kappa shape index (κ2) is 30.1. The van der Waals surface area contributed by atoms with E-state index in [2.05, 4.69) is 48.8 Å². The van der Waals surface area contributed by atoms with Crippen molar-refractivity contribution in [3.8, 4) is 0 Å². The van der Waals surface area contributed by atoms with E-state index >= 15 is 0 Å². The predicted molar refractivity (Wildman–Crippen MR) is 192 cm³/mol. The number of phosphoric ester groups is 1. The first-order valence-electron chi connectivity index (χ1n) is 18.9. The number of rotatable bonds is 33. The molecule has 0 aromatic carbocycles. The van der Waals surface area contributed by atoms with Gasteiger partial charge in [-0.1, -0.05) is 134 Å². The van der Waals surface area contributed by atoms with Crippen molar-refractivity contribution in [2.45, 2.75) is 180 Å². The van der Waals surface area contributed by atoms with Crippen LogP contribution in [0.25, 0.3) is 0 Å². The molecule has 1 heterocycles. The van der Waals surface area contributed by atoms with Gasteiger partial charge in [0.1, 0.15) is 6.61 Å². The quantitative estimate of drug-likeness (QED) is 0.0226. The fourth-order valence-electron chi connectivity index (χ4n) is 5.35. The molecule has 48 heavy (non-hydrogen) atoms. The summed E-state index contributed by atoms with van der Waals surface area (Å²) in [5.74, 6) is -0.958. The summed E-state index contributed by atoms with van der Waals surface area (Å²) in [5.41, 5.74) is 0. The monoisotopic (exact) mass is 698 g/mol. The van der Waals surface area contributed by atoms with E-state index in [1.807, 2.05) is 6.08 Å². The lowest BCUT2D eigenvalue weighted by molar-refractivity contribution is -0.161. The van der Waals surface area contributed by atoms with Gasteiger partial charge in [0, 0.05) is 12.8 Å². The third-order valence-electron chi connectivity index (χ3n) is 8.31. The summed E-state index contributed by atoms with van der Waals surface area (Å²) in [6.07, 6.45) is 36.1. The van der Waals surface area contributed by atoms with Crippen molar-refractivity contribution in [1.82, 2.24) is 0 Å². The van der Waals surface area contributed by atoms with Crippen LogP contribution in [0.5, 0.6) is 0 Å². The number of allylic oxidation sites excluding steroid dienone is 4. The fraction of sp³-hybridized carbons (Fsp3) is 0.789. The summed E-state index contributed by atoms with van der Waals surface area (Å²) >= 11 is 0. The summed E-state index contributed by atoms with van der Waals surface area (Å²) in [4.78, 5) is 42.7. The molecular formula is C38H67O9P. The van der Waals surface area contributed by atoms with Crippen LogP contribution in [0.2, 0.25) is 0 Å². The molecule has 0 spiro atoms. The van der Waals surface area contributed by atoms with Crippen LogP contribution < -0.4 is 0 Å². The molecule has 1 rings (SSSR count). The zero-order valence-electron chi connectivity index (χ0n) is 30.1. The van der Waals surface area contributed by atoms with Gasteiger partial charge in [0.15, 0.2) is 6.10 Å². The van der Waals surface area contributed by atoms with Crippen LogP contribution >= 0.6 is 7.82 Å². The first-order chi connectivity index (χ1) is 23.2. The van der Waals surface area contributed by atoms with Crippen LogP contribution in [0.4, 0.5) is 0 Å². The lowest BCUT2D eigenvalue weighted by Gasteiger charge is -2.18. The minimum Gasteiger partial charge on any atom is -0.462 e. The van der Waals surface area contributed by atoms with Crippen molar-refractivity contribution in [2.24, 2.45) is 0 Å². The Balaban J connectivity index is 2.15. The number of hydrogen-bond acceptors (Lipinski definition) is 7. The maximum absolute atomic E-state index is 12.4. The molecule has 0 amide bonds. The molecule has 0 aliphatic carbocycles. The van der Waals surface area contributed by atoms with E-state index < -0.39 is 32.5 Å². The van der Waals surface area contributed by atoms with Gasteiger partial charge in [0.2, 0.25) is 0 Å². The number of phosphoric acid groups is 1. The molecule has 2 unspecified atom stereocenters. The van der Waals surface area contributed by atoms with Crippen LogP contribution in [0.3, 0.4) is 0 Å². The average Bonchev–Trinajstić information content (AvgIpc) is 3.81. The molecule has 9 nitrogen and oxygen atoms in total. The van der Waals surface area contributed by atoms with E-state index in [1.165, 1.54) is 77.0 Å². The molecule has 3 atom stereocenters. The molecular weight excluding hydrogens is 631 g/mol. The minimum atomic E-state index is -4.77. The van der Waals surface area contributed by atoms with Crippen molar-refractivity contribution in [3.05, 3.63) is 36.5 Å². The number of epoxide rings is 1. The Hall–Kier alpha value is -1.77. The molecule has 1 fully saturated rings. The molecule has 278 valence electrons. The zero-order chi connectivity index (χ0) is 35.1. The van der Waals surface area contributed by atoms with Gasteiger partial charge < -0.3 is 24.0 Å². The lowest BCUT2D eigenvalue weighted by atomic mass is 10.0. The maximum atomic E-state index is 12.4. The number of carbonyl (C=O) groups is 2. The summed E-state index contributed by atoms with van der Waals surface area (Å²) in [7, 11) is -4.77. The van der Waals surface area contributed by atoms with E-state index in [9.17, 15) is 14.2 Å². The molecule has 0 saturated carbocycles. The van der Waals surface area contributed by atoms with Crippen LogP contribution in [0, 0.1) is 0 Å². The van der Waals surface area contributed by atoms with E-state index in [0.717, 1.165) is 38.5 Å². The normalized spacial score (nSPS) is 17.1. The molecule has 0 aromatic rings. The first-order valence-corrected chi connectivity index (χ1v) is 20.4. The third kappa shape index (κ3) is 29.2. The van der Waals surface area contributed by atoms with Gasteiger partial charge in [-0.25, -0.2) is 4.57 Å². The van der Waals surface area contributed by atoms with Gasteiger partial charge in [-0.15, -0.1) is 0 Å². The summed E-state index contributed by atoms with van der Waals surface area (Å²) in [6.45, 7) is 3.58. The SMILES string of the molecule is CCCCC/C=C\C/C=C\CC1OC1C/C=C\CCCC(=O)O[C@H](COC(=O)CCCCCCCCCCCCCC)COP(=O)(O)O. The minimum absolute atomic E-state index is 0.129. The molecule has 2 N–H and O–H groups in total. The number of esters is 2. The van der Waals surface area contributed by atoms with E-state index in [0.29, 0.717) is 19.3 Å². The van der Waals surface area contributed by atoms with Gasteiger partial charge >= 0.3 is 19.8 Å². The molecule has 0 radical (unpaired) electrons. The van der Waals surface area contributed by atoms with Crippen molar-refractivity contribution in [2.75, 3.05) is 13.2 Å². The Morgan fingerprint density at radius 2 is 1.15 bits per heavy atom. The number of ether oxygens (including phenoxy) is 3. The maximum Gasteiger partial charge on any atom is 0.469 e. The molecule has 0 bridgehead atoms. The first kappa shape index (κ1) is 44.3. The molecule has 10 heteroatoms. The van der Waals surface area contributed by atoms with Crippen LogP contribution in [-0.4, -0.2) is 53.3 Å². The second-order valence-corrected chi connectivity index (χ2v) is 14.2. The highest BCUT2D eigenvalue weighted by Crippen LogP contribution is 2.36. The Kier molecular flexibility index (Phi) is 27.7. The largest absolute Gasteiger partial charge is 0.469 e. The smallest absolute Gasteiger partial charge is 0.462 e. The Labute approximate surface area is 291 Å². The summed E-state index contributed by atoms with van der Waals surface area (Å²) < 4.78 is 32.0. The van der Waals surface area contributed by atoms with Crippen LogP contribution in [-0.2, 0) is 32.9 Å². The topological polar surface area (TPSA) is 132 Å².